The Labute approximate surface area is 140 Å². The molecule has 2 atom stereocenters. The van der Waals surface area contributed by atoms with Gasteiger partial charge in [0.05, 0.1) is 24.7 Å². The highest BCUT2D eigenvalue weighted by Gasteiger charge is 2.50. The summed E-state index contributed by atoms with van der Waals surface area (Å²) in [5.41, 5.74) is 0.707. The molecule has 1 aliphatic rings. The molecule has 2 rings (SSSR count). The molecule has 0 bridgehead atoms. The largest absolute Gasteiger partial charge is 0.465 e. The molecule has 0 radical (unpaired) electrons. The summed E-state index contributed by atoms with van der Waals surface area (Å²) >= 11 is 0. The van der Waals surface area contributed by atoms with Gasteiger partial charge in [-0.05, 0) is 37.2 Å². The van der Waals surface area contributed by atoms with Crippen molar-refractivity contribution in [1.82, 2.24) is 0 Å². The van der Waals surface area contributed by atoms with Crippen LogP contribution >= 0.6 is 0 Å². The first-order valence-corrected chi connectivity index (χ1v) is 8.91. The molecule has 0 aromatic heterocycles. The zero-order valence-electron chi connectivity index (χ0n) is 14.7. The summed E-state index contributed by atoms with van der Waals surface area (Å²) < 4.78 is 11.8. The molecular formula is C20H30O3. The summed E-state index contributed by atoms with van der Waals surface area (Å²) in [4.78, 5) is 12.8. The third-order valence-electron chi connectivity index (χ3n) is 4.65. The molecule has 1 saturated carbocycles. The number of esters is 1. The summed E-state index contributed by atoms with van der Waals surface area (Å²) in [6, 6.07) is 10.2. The fourth-order valence-corrected chi connectivity index (χ4v) is 3.51. The highest BCUT2D eigenvalue weighted by atomic mass is 16.5. The lowest BCUT2D eigenvalue weighted by Gasteiger charge is -2.33. The van der Waals surface area contributed by atoms with Crippen molar-refractivity contribution in [2.45, 2.75) is 65.6 Å². The Hall–Kier alpha value is -1.35. The molecule has 0 amide bonds. The van der Waals surface area contributed by atoms with Gasteiger partial charge in [-0.2, -0.15) is 0 Å². The average molecular weight is 318 g/mol. The molecule has 0 spiro atoms. The van der Waals surface area contributed by atoms with Gasteiger partial charge >= 0.3 is 5.97 Å². The maximum atomic E-state index is 12.8. The van der Waals surface area contributed by atoms with E-state index in [1.54, 1.807) is 0 Å². The van der Waals surface area contributed by atoms with E-state index < -0.39 is 5.41 Å². The van der Waals surface area contributed by atoms with Gasteiger partial charge in [0.1, 0.15) is 0 Å². The van der Waals surface area contributed by atoms with Crippen LogP contribution in [-0.4, -0.2) is 18.7 Å². The smallest absolute Gasteiger partial charge is 0.314 e. The van der Waals surface area contributed by atoms with Crippen LogP contribution in [0.15, 0.2) is 30.3 Å². The van der Waals surface area contributed by atoms with Crippen LogP contribution in [-0.2, 0) is 20.9 Å². The van der Waals surface area contributed by atoms with Crippen LogP contribution in [0.4, 0.5) is 0 Å². The SMILES string of the molecule is CCCC1(C(=O)OCC(C)C)CCCC1OCc1ccccc1. The third kappa shape index (κ3) is 4.57. The van der Waals surface area contributed by atoms with E-state index in [2.05, 4.69) is 32.9 Å². The Morgan fingerprint density at radius 1 is 1.30 bits per heavy atom. The van der Waals surface area contributed by atoms with E-state index in [9.17, 15) is 4.79 Å². The molecule has 0 saturated heterocycles. The Balaban J connectivity index is 2.04. The van der Waals surface area contributed by atoms with Gasteiger partial charge in [-0.25, -0.2) is 0 Å². The van der Waals surface area contributed by atoms with Gasteiger partial charge in [0, 0.05) is 0 Å². The maximum absolute atomic E-state index is 12.8. The molecule has 128 valence electrons. The average Bonchev–Trinajstić information content (AvgIpc) is 2.96. The Bertz CT molecular complexity index is 483. The van der Waals surface area contributed by atoms with Crippen LogP contribution in [0.5, 0.6) is 0 Å². The molecule has 1 aromatic rings. The van der Waals surface area contributed by atoms with Crippen LogP contribution in [0, 0.1) is 11.3 Å². The minimum absolute atomic E-state index is 0.0256. The van der Waals surface area contributed by atoms with Crippen molar-refractivity contribution in [2.75, 3.05) is 6.61 Å². The number of ether oxygens (including phenoxy) is 2. The lowest BCUT2D eigenvalue weighted by molar-refractivity contribution is -0.167. The maximum Gasteiger partial charge on any atom is 0.314 e. The van der Waals surface area contributed by atoms with E-state index in [1.807, 2.05) is 18.2 Å². The lowest BCUT2D eigenvalue weighted by atomic mass is 9.79. The molecule has 0 aliphatic heterocycles. The number of benzene rings is 1. The molecule has 2 unspecified atom stereocenters. The Morgan fingerprint density at radius 3 is 2.70 bits per heavy atom. The number of hydrogen-bond acceptors (Lipinski definition) is 3. The quantitative estimate of drug-likeness (QED) is 0.649. The summed E-state index contributed by atoms with van der Waals surface area (Å²) in [5, 5.41) is 0. The second kappa shape index (κ2) is 8.49. The van der Waals surface area contributed by atoms with Crippen LogP contribution in [0.2, 0.25) is 0 Å². The van der Waals surface area contributed by atoms with Gasteiger partial charge < -0.3 is 9.47 Å². The predicted molar refractivity (Wildman–Crippen MR) is 92.0 cm³/mol. The van der Waals surface area contributed by atoms with E-state index in [-0.39, 0.29) is 12.1 Å². The standard InChI is InChI=1S/C20H30O3/c1-4-12-20(19(21)23-14-16(2)3)13-8-11-18(20)22-15-17-9-6-5-7-10-17/h5-7,9-10,16,18H,4,8,11-15H2,1-3H3. The Morgan fingerprint density at radius 2 is 2.04 bits per heavy atom. The number of hydrogen-bond donors (Lipinski definition) is 0. The molecule has 1 aliphatic carbocycles. The second-order valence-corrected chi connectivity index (χ2v) is 7.08. The summed E-state index contributed by atoms with van der Waals surface area (Å²) in [6.45, 7) is 7.32. The van der Waals surface area contributed by atoms with Gasteiger partial charge in [-0.3, -0.25) is 4.79 Å². The number of rotatable bonds is 8. The fraction of sp³-hybridized carbons (Fsp3) is 0.650. The summed E-state index contributed by atoms with van der Waals surface area (Å²) in [5.74, 6) is 0.311. The van der Waals surface area contributed by atoms with Gasteiger partial charge in [0.25, 0.3) is 0 Å². The molecule has 1 fully saturated rings. The molecule has 23 heavy (non-hydrogen) atoms. The van der Waals surface area contributed by atoms with E-state index >= 15 is 0 Å². The van der Waals surface area contributed by atoms with Crippen molar-refractivity contribution >= 4 is 5.97 Å². The van der Waals surface area contributed by atoms with Gasteiger partial charge in [0.2, 0.25) is 0 Å². The molecule has 0 N–H and O–H groups in total. The zero-order chi connectivity index (χ0) is 16.7. The lowest BCUT2D eigenvalue weighted by Crippen LogP contribution is -2.41. The van der Waals surface area contributed by atoms with Gasteiger partial charge in [-0.1, -0.05) is 57.5 Å². The highest BCUT2D eigenvalue weighted by molar-refractivity contribution is 5.78. The molecule has 1 aromatic carbocycles. The first-order valence-electron chi connectivity index (χ1n) is 8.91. The number of carbonyl (C=O) groups is 1. The van der Waals surface area contributed by atoms with Crippen LogP contribution in [0.3, 0.4) is 0 Å². The molecule has 0 heterocycles. The van der Waals surface area contributed by atoms with Crippen LogP contribution in [0.25, 0.3) is 0 Å². The molecular weight excluding hydrogens is 288 g/mol. The highest BCUT2D eigenvalue weighted by Crippen LogP contribution is 2.45. The fourth-order valence-electron chi connectivity index (χ4n) is 3.51. The second-order valence-electron chi connectivity index (χ2n) is 7.08. The van der Waals surface area contributed by atoms with E-state index in [1.165, 1.54) is 0 Å². The topological polar surface area (TPSA) is 35.5 Å². The molecule has 3 heteroatoms. The van der Waals surface area contributed by atoms with Crippen molar-refractivity contribution in [1.29, 1.82) is 0 Å². The third-order valence-corrected chi connectivity index (χ3v) is 4.65. The first-order chi connectivity index (χ1) is 11.1. The van der Waals surface area contributed by atoms with Gasteiger partial charge in [-0.15, -0.1) is 0 Å². The normalized spacial score (nSPS) is 24.1. The first kappa shape index (κ1) is 18.0. The van der Waals surface area contributed by atoms with E-state index in [0.29, 0.717) is 19.1 Å². The molecule has 3 nitrogen and oxygen atoms in total. The summed E-state index contributed by atoms with van der Waals surface area (Å²) in [7, 11) is 0. The van der Waals surface area contributed by atoms with Crippen molar-refractivity contribution in [3.8, 4) is 0 Å². The minimum Gasteiger partial charge on any atom is -0.465 e. The van der Waals surface area contributed by atoms with Crippen molar-refractivity contribution in [3.05, 3.63) is 35.9 Å². The minimum atomic E-state index is -0.446. The predicted octanol–water partition coefficient (Wildman–Crippen LogP) is 4.74. The van der Waals surface area contributed by atoms with E-state index in [4.69, 9.17) is 9.47 Å². The van der Waals surface area contributed by atoms with Crippen molar-refractivity contribution in [3.63, 3.8) is 0 Å². The zero-order valence-corrected chi connectivity index (χ0v) is 14.7. The monoisotopic (exact) mass is 318 g/mol. The Kier molecular flexibility index (Phi) is 6.64. The van der Waals surface area contributed by atoms with Crippen LogP contribution < -0.4 is 0 Å². The van der Waals surface area contributed by atoms with Crippen molar-refractivity contribution < 1.29 is 14.3 Å². The van der Waals surface area contributed by atoms with Gasteiger partial charge in [0.15, 0.2) is 0 Å². The number of carbonyl (C=O) groups excluding carboxylic acids is 1. The van der Waals surface area contributed by atoms with E-state index in [0.717, 1.165) is 37.7 Å². The van der Waals surface area contributed by atoms with Crippen LogP contribution in [0.1, 0.15) is 58.4 Å². The van der Waals surface area contributed by atoms with Crippen molar-refractivity contribution in [2.24, 2.45) is 11.3 Å². The summed E-state index contributed by atoms with van der Waals surface area (Å²) in [6.07, 6.45) is 4.67.